The molecule has 0 saturated carbocycles. The van der Waals surface area contributed by atoms with Crippen molar-refractivity contribution in [3.8, 4) is 5.75 Å². The molecule has 23 heavy (non-hydrogen) atoms. The predicted molar refractivity (Wildman–Crippen MR) is 88.1 cm³/mol. The third-order valence-corrected chi connectivity index (χ3v) is 4.81. The molecule has 0 saturated heterocycles. The second-order valence-electron chi connectivity index (χ2n) is 4.94. The average molecular weight is 335 g/mol. The molecule has 0 heterocycles. The maximum atomic E-state index is 12.1. The second kappa shape index (κ2) is 6.67. The molecule has 2 aromatic rings. The van der Waals surface area contributed by atoms with E-state index in [4.69, 9.17) is 0 Å². The van der Waals surface area contributed by atoms with Gasteiger partial charge in [0, 0.05) is 25.5 Å². The van der Waals surface area contributed by atoms with E-state index in [2.05, 4.69) is 10.6 Å². The number of urea groups is 1. The van der Waals surface area contributed by atoms with E-state index in [1.165, 1.54) is 38.4 Å². The highest BCUT2D eigenvalue weighted by atomic mass is 32.2. The normalized spacial score (nSPS) is 11.3. The summed E-state index contributed by atoms with van der Waals surface area (Å²) in [6.45, 7) is 0. The summed E-state index contributed by atoms with van der Waals surface area (Å²) < 4.78 is 25.2. The fraction of sp³-hybridized carbons (Fsp3) is 0.133. The van der Waals surface area contributed by atoms with E-state index in [0.717, 1.165) is 4.31 Å². The van der Waals surface area contributed by atoms with E-state index in [9.17, 15) is 18.3 Å². The van der Waals surface area contributed by atoms with Gasteiger partial charge in [0.2, 0.25) is 10.0 Å². The summed E-state index contributed by atoms with van der Waals surface area (Å²) in [6.07, 6.45) is 0. The lowest BCUT2D eigenvalue weighted by Gasteiger charge is -2.13. The molecule has 0 fully saturated rings. The number of hydrogen-bond donors (Lipinski definition) is 3. The molecule has 7 nitrogen and oxygen atoms in total. The van der Waals surface area contributed by atoms with Crippen LogP contribution in [-0.4, -0.2) is 38.0 Å². The van der Waals surface area contributed by atoms with Crippen LogP contribution >= 0.6 is 0 Å². The second-order valence-corrected chi connectivity index (χ2v) is 7.09. The van der Waals surface area contributed by atoms with Gasteiger partial charge in [0.05, 0.1) is 4.90 Å². The Kier molecular flexibility index (Phi) is 4.87. The van der Waals surface area contributed by atoms with E-state index in [1.54, 1.807) is 24.3 Å². The van der Waals surface area contributed by atoms with Crippen LogP contribution in [0.4, 0.5) is 16.2 Å². The van der Waals surface area contributed by atoms with Crippen molar-refractivity contribution >= 4 is 27.4 Å². The first kappa shape index (κ1) is 16.8. The number of hydrogen-bond acceptors (Lipinski definition) is 4. The number of amides is 2. The zero-order chi connectivity index (χ0) is 17.0. The lowest BCUT2D eigenvalue weighted by atomic mass is 10.3. The van der Waals surface area contributed by atoms with Gasteiger partial charge in [-0.05, 0) is 42.5 Å². The third kappa shape index (κ3) is 4.21. The van der Waals surface area contributed by atoms with Gasteiger partial charge in [-0.3, -0.25) is 0 Å². The Morgan fingerprint density at radius 3 is 2.22 bits per heavy atom. The molecule has 0 aliphatic carbocycles. The summed E-state index contributed by atoms with van der Waals surface area (Å²) in [6, 6.07) is 11.4. The number of carbonyl (C=O) groups excluding carboxylic acids is 1. The number of rotatable bonds is 4. The molecule has 0 atom stereocenters. The number of anilines is 2. The van der Waals surface area contributed by atoms with E-state index in [0.29, 0.717) is 11.4 Å². The van der Waals surface area contributed by atoms with Gasteiger partial charge >= 0.3 is 6.03 Å². The van der Waals surface area contributed by atoms with Crippen LogP contribution in [0.5, 0.6) is 5.75 Å². The minimum Gasteiger partial charge on any atom is -0.508 e. The Morgan fingerprint density at radius 2 is 1.61 bits per heavy atom. The molecular formula is C15H17N3O4S. The van der Waals surface area contributed by atoms with Gasteiger partial charge in [-0.25, -0.2) is 17.5 Å². The average Bonchev–Trinajstić information content (AvgIpc) is 2.49. The van der Waals surface area contributed by atoms with Gasteiger partial charge in [0.25, 0.3) is 0 Å². The summed E-state index contributed by atoms with van der Waals surface area (Å²) in [4.78, 5) is 12.0. The van der Waals surface area contributed by atoms with Crippen LogP contribution in [0.2, 0.25) is 0 Å². The number of phenols is 1. The molecule has 2 rings (SSSR count). The van der Waals surface area contributed by atoms with Crippen molar-refractivity contribution in [1.29, 1.82) is 0 Å². The van der Waals surface area contributed by atoms with Crippen molar-refractivity contribution in [1.82, 2.24) is 4.31 Å². The van der Waals surface area contributed by atoms with E-state index >= 15 is 0 Å². The quantitative estimate of drug-likeness (QED) is 0.747. The SMILES string of the molecule is CN(C)S(=O)(=O)c1cccc(NC(=O)Nc2ccc(O)cc2)c1. The highest BCUT2D eigenvalue weighted by Gasteiger charge is 2.17. The maximum Gasteiger partial charge on any atom is 0.323 e. The van der Waals surface area contributed by atoms with E-state index < -0.39 is 16.1 Å². The van der Waals surface area contributed by atoms with Crippen molar-refractivity contribution in [3.05, 3.63) is 48.5 Å². The van der Waals surface area contributed by atoms with Gasteiger partial charge in [0.15, 0.2) is 0 Å². The number of benzene rings is 2. The highest BCUT2D eigenvalue weighted by Crippen LogP contribution is 2.19. The van der Waals surface area contributed by atoms with Crippen LogP contribution < -0.4 is 10.6 Å². The Balaban J connectivity index is 2.11. The maximum absolute atomic E-state index is 12.1. The van der Waals surface area contributed by atoms with Crippen LogP contribution in [0, 0.1) is 0 Å². The van der Waals surface area contributed by atoms with Crippen molar-refractivity contribution in [2.75, 3.05) is 24.7 Å². The standard InChI is InChI=1S/C15H17N3O4S/c1-18(2)23(21,22)14-5-3-4-12(10-14)17-15(20)16-11-6-8-13(19)9-7-11/h3-10,19H,1-2H3,(H2,16,17,20). The molecule has 0 aliphatic rings. The molecule has 0 radical (unpaired) electrons. The first-order chi connectivity index (χ1) is 10.8. The highest BCUT2D eigenvalue weighted by molar-refractivity contribution is 7.89. The fourth-order valence-electron chi connectivity index (χ4n) is 1.78. The predicted octanol–water partition coefficient (Wildman–Crippen LogP) is 2.29. The van der Waals surface area contributed by atoms with Crippen LogP contribution in [0.3, 0.4) is 0 Å². The molecule has 2 aromatic carbocycles. The first-order valence-corrected chi connectivity index (χ1v) is 8.12. The number of sulfonamides is 1. The molecule has 0 bridgehead atoms. The van der Waals surface area contributed by atoms with E-state index in [1.807, 2.05) is 0 Å². The molecule has 0 aliphatic heterocycles. The summed E-state index contributed by atoms with van der Waals surface area (Å²) >= 11 is 0. The Labute approximate surface area is 134 Å². The molecular weight excluding hydrogens is 318 g/mol. The van der Waals surface area contributed by atoms with Gasteiger partial charge in [-0.15, -0.1) is 0 Å². The molecule has 0 aromatic heterocycles. The molecule has 0 unspecified atom stereocenters. The van der Waals surface area contributed by atoms with Crippen LogP contribution in [0.1, 0.15) is 0 Å². The zero-order valence-corrected chi connectivity index (χ0v) is 13.5. The fourth-order valence-corrected chi connectivity index (χ4v) is 2.73. The number of nitrogens with one attached hydrogen (secondary N) is 2. The molecule has 8 heteroatoms. The van der Waals surface area contributed by atoms with Crippen molar-refractivity contribution < 1.29 is 18.3 Å². The molecule has 122 valence electrons. The smallest absolute Gasteiger partial charge is 0.323 e. The monoisotopic (exact) mass is 335 g/mol. The topological polar surface area (TPSA) is 98.7 Å². The summed E-state index contributed by atoms with van der Waals surface area (Å²) in [5, 5.41) is 14.3. The molecule has 3 N–H and O–H groups in total. The van der Waals surface area contributed by atoms with Crippen molar-refractivity contribution in [2.45, 2.75) is 4.90 Å². The zero-order valence-electron chi connectivity index (χ0n) is 12.6. The van der Waals surface area contributed by atoms with E-state index in [-0.39, 0.29) is 10.6 Å². The largest absolute Gasteiger partial charge is 0.508 e. The molecule has 2 amide bonds. The Bertz CT molecular complexity index is 802. The van der Waals surface area contributed by atoms with Gasteiger partial charge < -0.3 is 15.7 Å². The Morgan fingerprint density at radius 1 is 1.00 bits per heavy atom. The van der Waals surface area contributed by atoms with Crippen LogP contribution in [0.25, 0.3) is 0 Å². The number of carbonyl (C=O) groups is 1. The minimum atomic E-state index is -3.56. The van der Waals surface area contributed by atoms with Crippen LogP contribution in [-0.2, 0) is 10.0 Å². The minimum absolute atomic E-state index is 0.0879. The summed E-state index contributed by atoms with van der Waals surface area (Å²) in [5.41, 5.74) is 0.849. The van der Waals surface area contributed by atoms with Gasteiger partial charge in [-0.1, -0.05) is 6.07 Å². The van der Waals surface area contributed by atoms with Gasteiger partial charge in [-0.2, -0.15) is 0 Å². The van der Waals surface area contributed by atoms with Gasteiger partial charge in [0.1, 0.15) is 5.75 Å². The summed E-state index contributed by atoms with van der Waals surface area (Å²) in [7, 11) is -0.690. The number of aromatic hydroxyl groups is 1. The lowest BCUT2D eigenvalue weighted by molar-refractivity contribution is 0.262. The third-order valence-electron chi connectivity index (χ3n) is 3.00. The summed E-state index contributed by atoms with van der Waals surface area (Å²) in [5.74, 6) is 0.0950. The molecule has 0 spiro atoms. The lowest BCUT2D eigenvalue weighted by Crippen LogP contribution is -2.23. The Hall–Kier alpha value is -2.58. The number of nitrogens with zero attached hydrogens (tertiary/aromatic N) is 1. The van der Waals surface area contributed by atoms with Crippen LogP contribution in [0.15, 0.2) is 53.4 Å². The number of phenolic OH excluding ortho intramolecular Hbond substituents is 1. The van der Waals surface area contributed by atoms with Crippen molar-refractivity contribution in [3.63, 3.8) is 0 Å². The first-order valence-electron chi connectivity index (χ1n) is 6.68. The van der Waals surface area contributed by atoms with Crippen molar-refractivity contribution in [2.24, 2.45) is 0 Å².